The number of rotatable bonds is 1. The first kappa shape index (κ1) is 15.4. The largest absolute Gasteiger partial charge is 0.274 e. The van der Waals surface area contributed by atoms with E-state index in [0.717, 1.165) is 6.42 Å². The van der Waals surface area contributed by atoms with Crippen molar-refractivity contribution in [3.8, 4) is 0 Å². The molecule has 0 N–H and O–H groups in total. The van der Waals surface area contributed by atoms with Crippen LogP contribution in [0.5, 0.6) is 0 Å². The first-order valence-corrected chi connectivity index (χ1v) is 9.61. The summed E-state index contributed by atoms with van der Waals surface area (Å²) in [6.45, 7) is 0. The van der Waals surface area contributed by atoms with E-state index in [1.54, 1.807) is 18.2 Å². The molecular formula is C15H11Br2Cl2NO2. The summed E-state index contributed by atoms with van der Waals surface area (Å²) >= 11 is 19.4. The Morgan fingerprint density at radius 1 is 0.909 bits per heavy atom. The van der Waals surface area contributed by atoms with Crippen molar-refractivity contribution in [1.82, 2.24) is 0 Å². The molecule has 0 aromatic heterocycles. The number of hydrogen-bond acceptors (Lipinski definition) is 2. The molecular weight excluding hydrogens is 457 g/mol. The minimum absolute atomic E-state index is 0.121. The number of hydrogen-bond donors (Lipinski definition) is 0. The Kier molecular flexibility index (Phi) is 3.65. The van der Waals surface area contributed by atoms with Crippen LogP contribution in [0.3, 0.4) is 0 Å². The Balaban J connectivity index is 1.76. The van der Waals surface area contributed by atoms with Crippen molar-refractivity contribution in [3.63, 3.8) is 0 Å². The second-order valence-electron chi connectivity index (χ2n) is 6.14. The van der Waals surface area contributed by atoms with Crippen molar-refractivity contribution in [2.45, 2.75) is 16.1 Å². The van der Waals surface area contributed by atoms with Crippen LogP contribution < -0.4 is 4.90 Å². The number of fused-ring (bicyclic) bond motifs is 5. The lowest BCUT2D eigenvalue weighted by atomic mass is 9.81. The molecule has 0 radical (unpaired) electrons. The molecule has 3 aliphatic rings. The summed E-state index contributed by atoms with van der Waals surface area (Å²) in [5, 5.41) is 0.833. The molecule has 2 aliphatic carbocycles. The molecule has 3 fully saturated rings. The van der Waals surface area contributed by atoms with E-state index in [2.05, 4.69) is 31.9 Å². The first-order valence-electron chi connectivity index (χ1n) is 7.02. The Bertz CT molecular complexity index is 646. The van der Waals surface area contributed by atoms with E-state index in [9.17, 15) is 9.59 Å². The summed E-state index contributed by atoms with van der Waals surface area (Å²) in [5.41, 5.74) is 0.471. The van der Waals surface area contributed by atoms with Crippen molar-refractivity contribution in [1.29, 1.82) is 0 Å². The lowest BCUT2D eigenvalue weighted by Crippen LogP contribution is -2.37. The fourth-order valence-electron chi connectivity index (χ4n) is 4.27. The molecule has 2 amide bonds. The van der Waals surface area contributed by atoms with Gasteiger partial charge in [0.1, 0.15) is 0 Å². The van der Waals surface area contributed by atoms with Gasteiger partial charge in [-0.25, -0.2) is 4.90 Å². The van der Waals surface area contributed by atoms with Gasteiger partial charge >= 0.3 is 0 Å². The molecule has 2 saturated carbocycles. The molecule has 4 rings (SSSR count). The monoisotopic (exact) mass is 465 g/mol. The number of imide groups is 1. The zero-order valence-electron chi connectivity index (χ0n) is 11.2. The van der Waals surface area contributed by atoms with Crippen LogP contribution in [0.25, 0.3) is 0 Å². The van der Waals surface area contributed by atoms with Crippen molar-refractivity contribution < 1.29 is 9.59 Å². The highest BCUT2D eigenvalue weighted by Crippen LogP contribution is 2.60. The fraction of sp³-hybridized carbons (Fsp3) is 0.467. The van der Waals surface area contributed by atoms with E-state index in [-0.39, 0.29) is 45.1 Å². The van der Waals surface area contributed by atoms with E-state index in [4.69, 9.17) is 23.2 Å². The number of benzene rings is 1. The summed E-state index contributed by atoms with van der Waals surface area (Å²) in [6, 6.07) is 4.82. The molecule has 1 saturated heterocycles. The maximum atomic E-state index is 12.8. The average molecular weight is 468 g/mol. The molecule has 1 aromatic rings. The minimum atomic E-state index is -0.228. The molecule has 1 heterocycles. The predicted molar refractivity (Wildman–Crippen MR) is 93.0 cm³/mol. The molecule has 116 valence electrons. The Hall–Kier alpha value is -0.100. The highest BCUT2D eigenvalue weighted by atomic mass is 79.9. The van der Waals surface area contributed by atoms with Gasteiger partial charge in [0.05, 0.1) is 17.5 Å². The molecule has 3 nitrogen and oxygen atoms in total. The van der Waals surface area contributed by atoms with Gasteiger partial charge in [-0.05, 0) is 36.5 Å². The zero-order valence-corrected chi connectivity index (χ0v) is 15.9. The van der Waals surface area contributed by atoms with Crippen molar-refractivity contribution in [2.75, 3.05) is 4.90 Å². The molecule has 2 bridgehead atoms. The van der Waals surface area contributed by atoms with Gasteiger partial charge in [-0.1, -0.05) is 55.1 Å². The van der Waals surface area contributed by atoms with Gasteiger partial charge in [-0.3, -0.25) is 9.59 Å². The zero-order chi connectivity index (χ0) is 15.8. The number of alkyl halides is 2. The standard InChI is InChI=1S/C15H11Br2Cl2NO2/c16-12-8-4-9(13(12)17)11-10(8)14(21)20(15(11)22)7-2-5(18)1-6(19)3-7/h1-3,8-13H,4H2/t8-,9-,10-,11+,12-,13+/m0/s1. The molecule has 7 heteroatoms. The van der Waals surface area contributed by atoms with E-state index in [0.29, 0.717) is 15.7 Å². The predicted octanol–water partition coefficient (Wildman–Crippen LogP) is 4.28. The molecule has 1 aliphatic heterocycles. The number of carbonyl (C=O) groups excluding carboxylic acids is 2. The molecule has 0 unspecified atom stereocenters. The lowest BCUT2D eigenvalue weighted by Gasteiger charge is -2.28. The number of carbonyl (C=O) groups is 2. The van der Waals surface area contributed by atoms with Crippen LogP contribution in [0.2, 0.25) is 10.0 Å². The topological polar surface area (TPSA) is 37.4 Å². The fourth-order valence-corrected chi connectivity index (χ4v) is 6.66. The maximum absolute atomic E-state index is 12.8. The first-order chi connectivity index (χ1) is 10.4. The summed E-state index contributed by atoms with van der Waals surface area (Å²) in [4.78, 5) is 27.4. The SMILES string of the molecule is O=C1[C@@H]2[C@@H]3C[C@H]([C@H](Br)[C@@H]3Br)[C@@H]2C(=O)N1c1cc(Cl)cc(Cl)c1. The van der Waals surface area contributed by atoms with Crippen LogP contribution in [0.4, 0.5) is 5.69 Å². The van der Waals surface area contributed by atoms with Gasteiger partial charge in [-0.2, -0.15) is 0 Å². The smallest absolute Gasteiger partial charge is 0.238 e. The van der Waals surface area contributed by atoms with Gasteiger partial charge in [0, 0.05) is 19.7 Å². The third-order valence-corrected chi connectivity index (χ3v) is 8.74. The normalized spacial score (nSPS) is 39.7. The summed E-state index contributed by atoms with van der Waals surface area (Å²) < 4.78 is 0. The molecule has 22 heavy (non-hydrogen) atoms. The maximum Gasteiger partial charge on any atom is 0.238 e. The highest BCUT2D eigenvalue weighted by Gasteiger charge is 2.66. The third-order valence-electron chi connectivity index (χ3n) is 5.09. The Labute approximate surface area is 154 Å². The average Bonchev–Trinajstić information content (AvgIpc) is 3.03. The minimum Gasteiger partial charge on any atom is -0.274 e. The number of amides is 2. The molecule has 1 aromatic carbocycles. The third kappa shape index (κ3) is 1.98. The van der Waals surface area contributed by atoms with E-state index in [1.165, 1.54) is 4.90 Å². The van der Waals surface area contributed by atoms with Crippen molar-refractivity contribution in [3.05, 3.63) is 28.2 Å². The number of anilines is 1. The summed E-state index contributed by atoms with van der Waals surface area (Å²) in [6.07, 6.45) is 0.919. The highest BCUT2D eigenvalue weighted by molar-refractivity contribution is 9.12. The van der Waals surface area contributed by atoms with E-state index in [1.807, 2.05) is 0 Å². The quantitative estimate of drug-likeness (QED) is 0.457. The van der Waals surface area contributed by atoms with Gasteiger partial charge in [0.15, 0.2) is 0 Å². The van der Waals surface area contributed by atoms with Crippen LogP contribution in [-0.4, -0.2) is 21.5 Å². The number of nitrogens with zero attached hydrogens (tertiary/aromatic N) is 1. The van der Waals surface area contributed by atoms with Gasteiger partial charge < -0.3 is 0 Å². The Morgan fingerprint density at radius 2 is 1.36 bits per heavy atom. The molecule has 6 atom stereocenters. The van der Waals surface area contributed by atoms with E-state index >= 15 is 0 Å². The van der Waals surface area contributed by atoms with Crippen molar-refractivity contribution >= 4 is 72.6 Å². The second kappa shape index (κ2) is 5.20. The van der Waals surface area contributed by atoms with Gasteiger partial charge in [0.25, 0.3) is 0 Å². The Morgan fingerprint density at radius 3 is 1.82 bits per heavy atom. The summed E-state index contributed by atoms with van der Waals surface area (Å²) in [7, 11) is 0. The van der Waals surface area contributed by atoms with Gasteiger partial charge in [-0.15, -0.1) is 0 Å². The van der Waals surface area contributed by atoms with Crippen LogP contribution >= 0.6 is 55.1 Å². The van der Waals surface area contributed by atoms with Crippen LogP contribution in [0, 0.1) is 23.7 Å². The molecule has 0 spiro atoms. The van der Waals surface area contributed by atoms with Crippen molar-refractivity contribution in [2.24, 2.45) is 23.7 Å². The van der Waals surface area contributed by atoms with Crippen LogP contribution in [-0.2, 0) is 9.59 Å². The van der Waals surface area contributed by atoms with Crippen LogP contribution in [0.1, 0.15) is 6.42 Å². The second-order valence-corrected chi connectivity index (χ2v) is 9.13. The summed E-state index contributed by atoms with van der Waals surface area (Å²) in [5.74, 6) is -0.290. The van der Waals surface area contributed by atoms with Gasteiger partial charge in [0.2, 0.25) is 11.8 Å². The van der Waals surface area contributed by atoms with E-state index < -0.39 is 0 Å². The lowest BCUT2D eigenvalue weighted by molar-refractivity contribution is -0.123. The number of halogens is 4. The van der Waals surface area contributed by atoms with Crippen LogP contribution in [0.15, 0.2) is 18.2 Å².